The zero-order valence-electron chi connectivity index (χ0n) is 17.2. The van der Waals surface area contributed by atoms with Gasteiger partial charge in [0, 0.05) is 32.3 Å². The van der Waals surface area contributed by atoms with Crippen LogP contribution in [0.5, 0.6) is 0 Å². The van der Waals surface area contributed by atoms with Crippen LogP contribution in [0.4, 0.5) is 0 Å². The standard InChI is InChI=1S/C24H38N2O/c1-20-7-2-3-8-22(20)18-25(19-24-11-6-16-27-24)17-21-12-14-26(15-13-21)23-9-4-5-10-23/h2-3,7-8,21,23-24H,4-6,9-19H2,1H3. The number of likely N-dealkylation sites (tertiary alicyclic amines) is 1. The van der Waals surface area contributed by atoms with Gasteiger partial charge in [-0.1, -0.05) is 37.1 Å². The fourth-order valence-corrected chi connectivity index (χ4v) is 5.44. The van der Waals surface area contributed by atoms with Crippen molar-refractivity contribution in [3.8, 4) is 0 Å². The summed E-state index contributed by atoms with van der Waals surface area (Å²) in [4.78, 5) is 5.50. The van der Waals surface area contributed by atoms with Crippen molar-refractivity contribution < 1.29 is 4.74 Å². The van der Waals surface area contributed by atoms with E-state index in [0.717, 1.165) is 31.7 Å². The van der Waals surface area contributed by atoms with Gasteiger partial charge in [-0.3, -0.25) is 4.90 Å². The lowest BCUT2D eigenvalue weighted by molar-refractivity contribution is 0.0539. The first-order valence-electron chi connectivity index (χ1n) is 11.4. The van der Waals surface area contributed by atoms with Crippen LogP contribution in [0.25, 0.3) is 0 Å². The molecule has 1 unspecified atom stereocenters. The van der Waals surface area contributed by atoms with Crippen LogP contribution in [-0.4, -0.2) is 54.7 Å². The maximum Gasteiger partial charge on any atom is 0.0702 e. The molecule has 3 aliphatic rings. The van der Waals surface area contributed by atoms with E-state index in [0.29, 0.717) is 6.10 Å². The molecule has 0 spiro atoms. The van der Waals surface area contributed by atoms with Gasteiger partial charge < -0.3 is 9.64 Å². The SMILES string of the molecule is Cc1ccccc1CN(CC1CCN(C2CCCC2)CC1)CC1CCCO1. The molecule has 1 atom stereocenters. The van der Waals surface area contributed by atoms with Crippen molar-refractivity contribution in [2.45, 2.75) is 77.0 Å². The normalized spacial score (nSPS) is 25.6. The minimum atomic E-state index is 0.451. The summed E-state index contributed by atoms with van der Waals surface area (Å²) in [5, 5.41) is 0. The summed E-state index contributed by atoms with van der Waals surface area (Å²) >= 11 is 0. The molecule has 3 heteroatoms. The Labute approximate surface area is 166 Å². The minimum absolute atomic E-state index is 0.451. The molecule has 0 amide bonds. The Morgan fingerprint density at radius 3 is 2.44 bits per heavy atom. The molecule has 4 rings (SSSR count). The van der Waals surface area contributed by atoms with Crippen molar-refractivity contribution >= 4 is 0 Å². The second-order valence-corrected chi connectivity index (χ2v) is 9.17. The molecular formula is C24H38N2O. The molecule has 3 nitrogen and oxygen atoms in total. The fourth-order valence-electron chi connectivity index (χ4n) is 5.44. The summed E-state index contributed by atoms with van der Waals surface area (Å²) in [6.45, 7) is 9.29. The van der Waals surface area contributed by atoms with E-state index in [1.165, 1.54) is 82.1 Å². The summed E-state index contributed by atoms with van der Waals surface area (Å²) in [6, 6.07) is 9.80. The monoisotopic (exact) mass is 370 g/mol. The molecule has 2 heterocycles. The van der Waals surface area contributed by atoms with Gasteiger partial charge in [0.1, 0.15) is 0 Å². The van der Waals surface area contributed by atoms with Crippen LogP contribution in [0.2, 0.25) is 0 Å². The van der Waals surface area contributed by atoms with E-state index < -0.39 is 0 Å². The summed E-state index contributed by atoms with van der Waals surface area (Å²) in [7, 11) is 0. The van der Waals surface area contributed by atoms with Crippen LogP contribution in [0, 0.1) is 12.8 Å². The molecule has 0 aromatic heterocycles. The van der Waals surface area contributed by atoms with E-state index in [1.54, 1.807) is 0 Å². The van der Waals surface area contributed by atoms with Crippen molar-refractivity contribution in [2.75, 3.05) is 32.8 Å². The number of ether oxygens (including phenoxy) is 1. The molecular weight excluding hydrogens is 332 g/mol. The van der Waals surface area contributed by atoms with Gasteiger partial charge in [0.05, 0.1) is 6.10 Å². The number of rotatable bonds is 7. The van der Waals surface area contributed by atoms with E-state index in [9.17, 15) is 0 Å². The zero-order valence-corrected chi connectivity index (χ0v) is 17.2. The van der Waals surface area contributed by atoms with Gasteiger partial charge in [0.15, 0.2) is 0 Å². The number of hydrogen-bond acceptors (Lipinski definition) is 3. The van der Waals surface area contributed by atoms with E-state index in [2.05, 4.69) is 41.0 Å². The second kappa shape index (κ2) is 9.54. The number of hydrogen-bond donors (Lipinski definition) is 0. The third-order valence-corrected chi connectivity index (χ3v) is 7.15. The Morgan fingerprint density at radius 2 is 1.74 bits per heavy atom. The molecule has 0 bridgehead atoms. The predicted octanol–water partition coefficient (Wildman–Crippen LogP) is 4.63. The van der Waals surface area contributed by atoms with Crippen LogP contribution in [0.3, 0.4) is 0 Å². The van der Waals surface area contributed by atoms with Crippen LogP contribution in [0.1, 0.15) is 62.5 Å². The molecule has 2 saturated heterocycles. The second-order valence-electron chi connectivity index (χ2n) is 9.17. The molecule has 27 heavy (non-hydrogen) atoms. The lowest BCUT2D eigenvalue weighted by Gasteiger charge is -2.38. The Kier molecular flexibility index (Phi) is 6.86. The van der Waals surface area contributed by atoms with Crippen molar-refractivity contribution in [3.05, 3.63) is 35.4 Å². The number of piperidine rings is 1. The lowest BCUT2D eigenvalue weighted by Crippen LogP contribution is -2.43. The summed E-state index contributed by atoms with van der Waals surface area (Å²) in [5.41, 5.74) is 2.91. The quantitative estimate of drug-likeness (QED) is 0.696. The Hall–Kier alpha value is -0.900. The average Bonchev–Trinajstić information content (AvgIpc) is 3.38. The van der Waals surface area contributed by atoms with Crippen molar-refractivity contribution in [2.24, 2.45) is 5.92 Å². The van der Waals surface area contributed by atoms with Gasteiger partial charge in [0.2, 0.25) is 0 Å². The maximum absolute atomic E-state index is 5.98. The van der Waals surface area contributed by atoms with Gasteiger partial charge in [0.25, 0.3) is 0 Å². The molecule has 2 aliphatic heterocycles. The first-order valence-corrected chi connectivity index (χ1v) is 11.4. The molecule has 1 aliphatic carbocycles. The Balaban J connectivity index is 1.33. The van der Waals surface area contributed by atoms with Crippen molar-refractivity contribution in [3.63, 3.8) is 0 Å². The third kappa shape index (κ3) is 5.34. The van der Waals surface area contributed by atoms with Crippen LogP contribution >= 0.6 is 0 Å². The highest BCUT2D eigenvalue weighted by Gasteiger charge is 2.29. The third-order valence-electron chi connectivity index (χ3n) is 7.15. The first-order chi connectivity index (χ1) is 13.3. The highest BCUT2D eigenvalue weighted by atomic mass is 16.5. The molecule has 1 aromatic carbocycles. The first kappa shape index (κ1) is 19.4. The molecule has 3 fully saturated rings. The van der Waals surface area contributed by atoms with Gasteiger partial charge in [-0.25, -0.2) is 0 Å². The minimum Gasteiger partial charge on any atom is -0.377 e. The van der Waals surface area contributed by atoms with Crippen LogP contribution in [-0.2, 0) is 11.3 Å². The van der Waals surface area contributed by atoms with Crippen LogP contribution < -0.4 is 0 Å². The van der Waals surface area contributed by atoms with Gasteiger partial charge in [-0.05, 0) is 75.6 Å². The highest BCUT2D eigenvalue weighted by Crippen LogP contribution is 2.29. The number of aryl methyl sites for hydroxylation is 1. The average molecular weight is 371 g/mol. The van der Waals surface area contributed by atoms with Crippen molar-refractivity contribution in [1.82, 2.24) is 9.80 Å². The zero-order chi connectivity index (χ0) is 18.5. The summed E-state index contributed by atoms with van der Waals surface area (Å²) in [6.07, 6.45) is 11.5. The van der Waals surface area contributed by atoms with E-state index >= 15 is 0 Å². The largest absolute Gasteiger partial charge is 0.377 e. The molecule has 1 aromatic rings. The number of nitrogens with zero attached hydrogens (tertiary/aromatic N) is 2. The maximum atomic E-state index is 5.98. The molecule has 150 valence electrons. The highest BCUT2D eigenvalue weighted by molar-refractivity contribution is 5.25. The molecule has 0 N–H and O–H groups in total. The Bertz CT molecular complexity index is 569. The summed E-state index contributed by atoms with van der Waals surface area (Å²) < 4.78 is 5.98. The lowest BCUT2D eigenvalue weighted by atomic mass is 9.94. The smallest absolute Gasteiger partial charge is 0.0702 e. The van der Waals surface area contributed by atoms with E-state index in [1.807, 2.05) is 0 Å². The fraction of sp³-hybridized carbons (Fsp3) is 0.750. The van der Waals surface area contributed by atoms with Gasteiger partial charge >= 0.3 is 0 Å². The number of benzene rings is 1. The predicted molar refractivity (Wildman–Crippen MR) is 112 cm³/mol. The van der Waals surface area contributed by atoms with Crippen LogP contribution in [0.15, 0.2) is 24.3 Å². The van der Waals surface area contributed by atoms with Gasteiger partial charge in [-0.15, -0.1) is 0 Å². The van der Waals surface area contributed by atoms with Crippen molar-refractivity contribution in [1.29, 1.82) is 0 Å². The topological polar surface area (TPSA) is 15.7 Å². The molecule has 1 saturated carbocycles. The molecule has 0 radical (unpaired) electrons. The van der Waals surface area contributed by atoms with Gasteiger partial charge in [-0.2, -0.15) is 0 Å². The van der Waals surface area contributed by atoms with E-state index in [4.69, 9.17) is 4.74 Å². The Morgan fingerprint density at radius 1 is 0.963 bits per heavy atom. The van der Waals surface area contributed by atoms with E-state index in [-0.39, 0.29) is 0 Å². The summed E-state index contributed by atoms with van der Waals surface area (Å²) in [5.74, 6) is 0.855.